The van der Waals surface area contributed by atoms with Crippen LogP contribution in [0.15, 0.2) is 0 Å². The fraction of sp³-hybridized carbons (Fsp3) is 0.750. The number of rotatable bonds is 4. The molecule has 5 heteroatoms. The summed E-state index contributed by atoms with van der Waals surface area (Å²) in [6.45, 7) is 6.30. The van der Waals surface area contributed by atoms with Crippen LogP contribution in [0.2, 0.25) is 5.02 Å². The molecule has 4 nitrogen and oxygen atoms in total. The van der Waals surface area contributed by atoms with Crippen molar-refractivity contribution in [1.29, 1.82) is 0 Å². The fourth-order valence-corrected chi connectivity index (χ4v) is 3.75. The normalized spacial score (nSPS) is 26.3. The zero-order valence-corrected chi connectivity index (χ0v) is 14.1. The molecule has 1 fully saturated rings. The molecule has 1 aliphatic rings. The van der Waals surface area contributed by atoms with Gasteiger partial charge in [0.25, 0.3) is 0 Å². The molecule has 0 unspecified atom stereocenters. The molecule has 0 saturated heterocycles. The predicted octanol–water partition coefficient (Wildman–Crippen LogP) is 3.84. The molecule has 0 radical (unpaired) electrons. The maximum Gasteiger partial charge on any atom is 0.310 e. The van der Waals surface area contributed by atoms with Crippen molar-refractivity contribution in [3.05, 3.63) is 16.4 Å². The molecule has 0 amide bonds. The number of aliphatic carboxylic acids is 1. The van der Waals surface area contributed by atoms with Crippen molar-refractivity contribution in [2.45, 2.75) is 52.9 Å². The van der Waals surface area contributed by atoms with E-state index in [0.717, 1.165) is 37.1 Å². The lowest BCUT2D eigenvalue weighted by Crippen LogP contribution is -2.38. The van der Waals surface area contributed by atoms with Crippen LogP contribution < -0.4 is 0 Å². The van der Waals surface area contributed by atoms with E-state index in [1.165, 1.54) is 0 Å². The summed E-state index contributed by atoms with van der Waals surface area (Å²) >= 11 is 6.30. The highest BCUT2D eigenvalue weighted by molar-refractivity contribution is 6.31. The standard InChI is InChI=1S/C16H25ClN2O2/c1-10(2)12-5-7-16(8-6-12,15(20)21)9-13-14(17)11(3)18-19(13)4/h10,12H,5-9H2,1-4H3,(H,20,21). The first-order valence-electron chi connectivity index (χ1n) is 7.68. The van der Waals surface area contributed by atoms with Crippen LogP contribution in [0, 0.1) is 24.2 Å². The van der Waals surface area contributed by atoms with E-state index in [0.29, 0.717) is 23.3 Å². The second kappa shape index (κ2) is 5.99. The van der Waals surface area contributed by atoms with Gasteiger partial charge in [0.2, 0.25) is 0 Å². The first kappa shape index (κ1) is 16.3. The summed E-state index contributed by atoms with van der Waals surface area (Å²) in [5.74, 6) is 0.570. The Balaban J connectivity index is 2.23. The van der Waals surface area contributed by atoms with Crippen LogP contribution in [0.5, 0.6) is 0 Å². The number of carboxylic acids is 1. The van der Waals surface area contributed by atoms with E-state index in [9.17, 15) is 9.90 Å². The molecular weight excluding hydrogens is 288 g/mol. The predicted molar refractivity (Wildman–Crippen MR) is 83.5 cm³/mol. The number of nitrogens with zero attached hydrogens (tertiary/aromatic N) is 2. The van der Waals surface area contributed by atoms with Gasteiger partial charge in [0, 0.05) is 13.5 Å². The monoisotopic (exact) mass is 312 g/mol. The van der Waals surface area contributed by atoms with Crippen LogP contribution in [-0.4, -0.2) is 20.9 Å². The van der Waals surface area contributed by atoms with Gasteiger partial charge in [0.15, 0.2) is 0 Å². The first-order chi connectivity index (χ1) is 9.77. The summed E-state index contributed by atoms with van der Waals surface area (Å²) in [5.41, 5.74) is 0.931. The van der Waals surface area contributed by atoms with Crippen LogP contribution in [0.4, 0.5) is 0 Å². The maximum absolute atomic E-state index is 11.9. The van der Waals surface area contributed by atoms with Gasteiger partial charge in [-0.15, -0.1) is 0 Å². The number of aromatic nitrogens is 2. The van der Waals surface area contributed by atoms with Crippen LogP contribution >= 0.6 is 11.6 Å². The van der Waals surface area contributed by atoms with Gasteiger partial charge >= 0.3 is 5.97 Å². The molecule has 1 aromatic heterocycles. The lowest BCUT2D eigenvalue weighted by molar-refractivity contribution is -0.152. The molecule has 1 N–H and O–H groups in total. The Hall–Kier alpha value is -1.03. The summed E-state index contributed by atoms with van der Waals surface area (Å²) in [6.07, 6.45) is 3.90. The smallest absolute Gasteiger partial charge is 0.310 e. The van der Waals surface area contributed by atoms with E-state index < -0.39 is 11.4 Å². The first-order valence-corrected chi connectivity index (χ1v) is 8.06. The van der Waals surface area contributed by atoms with Gasteiger partial charge in [-0.1, -0.05) is 25.4 Å². The molecule has 0 aromatic carbocycles. The van der Waals surface area contributed by atoms with E-state index in [2.05, 4.69) is 18.9 Å². The van der Waals surface area contributed by atoms with E-state index in [4.69, 9.17) is 11.6 Å². The van der Waals surface area contributed by atoms with E-state index in [-0.39, 0.29) is 0 Å². The van der Waals surface area contributed by atoms with Crippen molar-refractivity contribution in [1.82, 2.24) is 9.78 Å². The van der Waals surface area contributed by atoms with Gasteiger partial charge in [0.05, 0.1) is 21.8 Å². The molecule has 118 valence electrons. The van der Waals surface area contributed by atoms with E-state index in [1.807, 2.05) is 14.0 Å². The Bertz CT molecular complexity index is 529. The minimum Gasteiger partial charge on any atom is -0.481 e. The second-order valence-electron chi connectivity index (χ2n) is 6.81. The lowest BCUT2D eigenvalue weighted by Gasteiger charge is -2.38. The Morgan fingerprint density at radius 3 is 2.43 bits per heavy atom. The van der Waals surface area contributed by atoms with Crippen LogP contribution in [0.1, 0.15) is 50.9 Å². The lowest BCUT2D eigenvalue weighted by atomic mass is 9.66. The minimum absolute atomic E-state index is 0.476. The highest BCUT2D eigenvalue weighted by Crippen LogP contribution is 2.44. The zero-order valence-electron chi connectivity index (χ0n) is 13.3. The maximum atomic E-state index is 11.9. The molecular formula is C16H25ClN2O2. The Labute approximate surface area is 131 Å². The molecule has 2 rings (SSSR count). The van der Waals surface area contributed by atoms with Crippen molar-refractivity contribution in [3.63, 3.8) is 0 Å². The Morgan fingerprint density at radius 2 is 2.05 bits per heavy atom. The summed E-state index contributed by atoms with van der Waals surface area (Å²) in [7, 11) is 1.84. The third-order valence-corrected chi connectivity index (χ3v) is 5.64. The SMILES string of the molecule is Cc1nn(C)c(CC2(C(=O)O)CCC(C(C)C)CC2)c1Cl. The van der Waals surface area contributed by atoms with Crippen molar-refractivity contribution >= 4 is 17.6 Å². The summed E-state index contributed by atoms with van der Waals surface area (Å²) in [4.78, 5) is 11.9. The van der Waals surface area contributed by atoms with Crippen molar-refractivity contribution < 1.29 is 9.90 Å². The Kier molecular flexibility index (Phi) is 4.66. The Morgan fingerprint density at radius 1 is 1.48 bits per heavy atom. The molecule has 1 heterocycles. The summed E-state index contributed by atoms with van der Waals surface area (Å²) < 4.78 is 1.73. The average molecular weight is 313 g/mol. The highest BCUT2D eigenvalue weighted by atomic mass is 35.5. The van der Waals surface area contributed by atoms with Gasteiger partial charge in [-0.3, -0.25) is 9.48 Å². The largest absolute Gasteiger partial charge is 0.481 e. The van der Waals surface area contributed by atoms with Crippen molar-refractivity contribution in [2.75, 3.05) is 0 Å². The van der Waals surface area contributed by atoms with Crippen molar-refractivity contribution in [3.8, 4) is 0 Å². The molecule has 1 aliphatic carbocycles. The number of carboxylic acid groups (broad SMARTS) is 1. The molecule has 1 aromatic rings. The molecule has 0 atom stereocenters. The number of halogens is 1. The van der Waals surface area contributed by atoms with Crippen molar-refractivity contribution in [2.24, 2.45) is 24.3 Å². The van der Waals surface area contributed by atoms with Crippen LogP contribution in [0.25, 0.3) is 0 Å². The highest BCUT2D eigenvalue weighted by Gasteiger charge is 2.43. The third-order valence-electron chi connectivity index (χ3n) is 5.15. The third kappa shape index (κ3) is 3.10. The second-order valence-corrected chi connectivity index (χ2v) is 7.19. The van der Waals surface area contributed by atoms with Gasteiger partial charge < -0.3 is 5.11 Å². The summed E-state index contributed by atoms with van der Waals surface area (Å²) in [5, 5.41) is 14.7. The molecule has 21 heavy (non-hydrogen) atoms. The molecule has 0 spiro atoms. The molecule has 1 saturated carbocycles. The quantitative estimate of drug-likeness (QED) is 0.919. The average Bonchev–Trinajstić information content (AvgIpc) is 2.65. The van der Waals surface area contributed by atoms with E-state index >= 15 is 0 Å². The fourth-order valence-electron chi connectivity index (χ4n) is 3.52. The van der Waals surface area contributed by atoms with Crippen LogP contribution in [0.3, 0.4) is 0 Å². The minimum atomic E-state index is -0.695. The van der Waals surface area contributed by atoms with Crippen LogP contribution in [-0.2, 0) is 18.3 Å². The molecule has 0 aliphatic heterocycles. The topological polar surface area (TPSA) is 55.1 Å². The van der Waals surface area contributed by atoms with Gasteiger partial charge in [0.1, 0.15) is 0 Å². The molecule has 0 bridgehead atoms. The van der Waals surface area contributed by atoms with Gasteiger partial charge in [-0.05, 0) is 44.4 Å². The number of hydrogen-bond acceptors (Lipinski definition) is 2. The number of hydrogen-bond donors (Lipinski definition) is 1. The van der Waals surface area contributed by atoms with E-state index in [1.54, 1.807) is 4.68 Å². The summed E-state index contributed by atoms with van der Waals surface area (Å²) in [6, 6.07) is 0. The number of aryl methyl sites for hydroxylation is 2. The van der Waals surface area contributed by atoms with Gasteiger partial charge in [-0.2, -0.15) is 5.10 Å². The zero-order chi connectivity index (χ0) is 15.8. The van der Waals surface area contributed by atoms with Gasteiger partial charge in [-0.25, -0.2) is 0 Å². The number of carbonyl (C=O) groups is 1.